The Morgan fingerprint density at radius 2 is 1.81 bits per heavy atom. The first kappa shape index (κ1) is 15.1. The highest BCUT2D eigenvalue weighted by molar-refractivity contribution is 7.12. The van der Waals surface area contributed by atoms with Crippen molar-refractivity contribution in [1.82, 2.24) is 5.32 Å². The molecule has 7 heteroatoms. The molecule has 4 nitrogen and oxygen atoms in total. The van der Waals surface area contributed by atoms with Crippen molar-refractivity contribution in [3.8, 4) is 0 Å². The topological polar surface area (TPSA) is 58.2 Å². The molecule has 0 saturated heterocycles. The van der Waals surface area contributed by atoms with Crippen LogP contribution >= 0.6 is 11.3 Å². The Morgan fingerprint density at radius 1 is 1.14 bits per heavy atom. The molecule has 0 bridgehead atoms. The summed E-state index contributed by atoms with van der Waals surface area (Å²) in [5.41, 5.74) is -0.528. The van der Waals surface area contributed by atoms with Gasteiger partial charge in [-0.25, -0.2) is 8.78 Å². The van der Waals surface area contributed by atoms with Gasteiger partial charge in [-0.05, 0) is 30.5 Å². The Hall–Kier alpha value is -2.28. The van der Waals surface area contributed by atoms with Gasteiger partial charge in [0.2, 0.25) is 5.91 Å². The molecule has 110 valence electrons. The van der Waals surface area contributed by atoms with Crippen molar-refractivity contribution in [3.05, 3.63) is 52.2 Å². The average Bonchev–Trinajstić information content (AvgIpc) is 2.97. The smallest absolute Gasteiger partial charge is 0.261 e. The lowest BCUT2D eigenvalue weighted by Gasteiger charge is -2.14. The lowest BCUT2D eigenvalue weighted by molar-refractivity contribution is -0.117. The van der Waals surface area contributed by atoms with E-state index in [1.165, 1.54) is 24.3 Å². The molecule has 0 aliphatic carbocycles. The lowest BCUT2D eigenvalue weighted by Crippen LogP contribution is -2.41. The van der Waals surface area contributed by atoms with E-state index >= 15 is 0 Å². The second-order valence-electron chi connectivity index (χ2n) is 4.26. The van der Waals surface area contributed by atoms with E-state index in [1.54, 1.807) is 17.5 Å². The zero-order valence-electron chi connectivity index (χ0n) is 11.0. The van der Waals surface area contributed by atoms with Crippen molar-refractivity contribution in [1.29, 1.82) is 0 Å². The number of carbonyl (C=O) groups excluding carboxylic acids is 2. The molecule has 1 atom stereocenters. The first-order valence-corrected chi connectivity index (χ1v) is 6.96. The van der Waals surface area contributed by atoms with Crippen molar-refractivity contribution in [2.45, 2.75) is 13.0 Å². The number of thiophene rings is 1. The first-order chi connectivity index (χ1) is 9.99. The molecule has 0 saturated carbocycles. The van der Waals surface area contributed by atoms with Crippen LogP contribution in [-0.2, 0) is 4.79 Å². The maximum absolute atomic E-state index is 13.4. The van der Waals surface area contributed by atoms with Crippen LogP contribution in [0.4, 0.5) is 14.5 Å². The molecule has 0 fully saturated rings. The predicted molar refractivity (Wildman–Crippen MR) is 76.2 cm³/mol. The van der Waals surface area contributed by atoms with Crippen LogP contribution in [0.1, 0.15) is 16.6 Å². The number of rotatable bonds is 4. The summed E-state index contributed by atoms with van der Waals surface area (Å²) in [4.78, 5) is 24.1. The monoisotopic (exact) mass is 310 g/mol. The van der Waals surface area contributed by atoms with Crippen molar-refractivity contribution >= 4 is 28.8 Å². The van der Waals surface area contributed by atoms with Gasteiger partial charge in [-0.1, -0.05) is 12.1 Å². The van der Waals surface area contributed by atoms with Crippen LogP contribution in [0, 0.1) is 11.6 Å². The lowest BCUT2D eigenvalue weighted by atomic mass is 10.2. The van der Waals surface area contributed by atoms with E-state index in [1.807, 2.05) is 0 Å². The van der Waals surface area contributed by atoms with Crippen LogP contribution in [0.2, 0.25) is 0 Å². The fourth-order valence-corrected chi connectivity index (χ4v) is 2.22. The molecule has 1 aromatic heterocycles. The van der Waals surface area contributed by atoms with E-state index in [4.69, 9.17) is 0 Å². The zero-order valence-corrected chi connectivity index (χ0v) is 11.8. The fraction of sp³-hybridized carbons (Fsp3) is 0.143. The van der Waals surface area contributed by atoms with Crippen molar-refractivity contribution < 1.29 is 18.4 Å². The van der Waals surface area contributed by atoms with E-state index in [9.17, 15) is 18.4 Å². The molecular weight excluding hydrogens is 298 g/mol. The van der Waals surface area contributed by atoms with Gasteiger partial charge in [-0.15, -0.1) is 11.3 Å². The summed E-state index contributed by atoms with van der Waals surface area (Å²) in [6.45, 7) is 1.43. The minimum Gasteiger partial charge on any atom is -0.340 e. The number of anilines is 1. The number of amides is 2. The second kappa shape index (κ2) is 6.45. The summed E-state index contributed by atoms with van der Waals surface area (Å²) >= 11 is 1.23. The molecule has 0 aliphatic rings. The maximum Gasteiger partial charge on any atom is 0.261 e. The van der Waals surface area contributed by atoms with Gasteiger partial charge in [0.25, 0.3) is 5.91 Å². The van der Waals surface area contributed by atoms with E-state index in [-0.39, 0.29) is 0 Å². The largest absolute Gasteiger partial charge is 0.340 e. The van der Waals surface area contributed by atoms with Gasteiger partial charge in [0.05, 0.1) is 4.88 Å². The molecule has 0 aliphatic heterocycles. The third-order valence-corrected chi connectivity index (χ3v) is 3.57. The number of carbonyl (C=O) groups is 2. The summed E-state index contributed by atoms with van der Waals surface area (Å²) in [5, 5.41) is 6.31. The highest BCUT2D eigenvalue weighted by Gasteiger charge is 2.19. The third-order valence-electron chi connectivity index (χ3n) is 2.70. The van der Waals surface area contributed by atoms with Gasteiger partial charge in [0.1, 0.15) is 23.4 Å². The number of nitrogens with one attached hydrogen (secondary N) is 2. The van der Waals surface area contributed by atoms with Crippen molar-refractivity contribution in [2.24, 2.45) is 0 Å². The zero-order chi connectivity index (χ0) is 15.4. The van der Waals surface area contributed by atoms with Gasteiger partial charge < -0.3 is 10.6 Å². The average molecular weight is 310 g/mol. The number of halogens is 2. The number of hydrogen-bond acceptors (Lipinski definition) is 3. The molecule has 0 unspecified atom stereocenters. The molecule has 1 heterocycles. The minimum absolute atomic E-state index is 0.415. The Labute approximate surface area is 123 Å². The normalized spacial score (nSPS) is 11.8. The number of para-hydroxylation sites is 1. The number of hydrogen-bond donors (Lipinski definition) is 2. The van der Waals surface area contributed by atoms with E-state index in [0.29, 0.717) is 4.88 Å². The Balaban J connectivity index is 2.01. The van der Waals surface area contributed by atoms with Crippen LogP contribution < -0.4 is 10.6 Å². The second-order valence-corrected chi connectivity index (χ2v) is 5.21. The number of benzene rings is 1. The molecule has 21 heavy (non-hydrogen) atoms. The van der Waals surface area contributed by atoms with Crippen molar-refractivity contribution in [2.75, 3.05) is 5.32 Å². The molecule has 2 aromatic rings. The summed E-state index contributed by atoms with van der Waals surface area (Å²) in [5.74, 6) is -2.87. The first-order valence-electron chi connectivity index (χ1n) is 6.08. The van der Waals surface area contributed by atoms with Crippen LogP contribution in [0.25, 0.3) is 0 Å². The predicted octanol–water partition coefficient (Wildman–Crippen LogP) is 2.78. The van der Waals surface area contributed by atoms with Crippen LogP contribution in [0.3, 0.4) is 0 Å². The Bertz CT molecular complexity index is 639. The molecule has 0 radical (unpaired) electrons. The third kappa shape index (κ3) is 3.63. The van der Waals surface area contributed by atoms with Gasteiger partial charge in [0.15, 0.2) is 0 Å². The standard InChI is InChI=1S/C14H12F2N2O2S/c1-8(17-14(20)11-6-3-7-21-11)13(19)18-12-9(15)4-2-5-10(12)16/h2-8H,1H3,(H,17,20)(H,18,19)/t8-/m1/s1. The quantitative estimate of drug-likeness (QED) is 0.912. The summed E-state index contributed by atoms with van der Waals surface area (Å²) in [7, 11) is 0. The Kier molecular flexibility index (Phi) is 4.64. The van der Waals surface area contributed by atoms with Gasteiger partial charge >= 0.3 is 0 Å². The minimum atomic E-state index is -0.932. The summed E-state index contributed by atoms with van der Waals surface area (Å²) < 4.78 is 26.8. The maximum atomic E-state index is 13.4. The van der Waals surface area contributed by atoms with E-state index in [0.717, 1.165) is 12.1 Å². The summed E-state index contributed by atoms with van der Waals surface area (Å²) in [6, 6.07) is 5.66. The highest BCUT2D eigenvalue weighted by Crippen LogP contribution is 2.18. The van der Waals surface area contributed by atoms with Gasteiger partial charge in [-0.3, -0.25) is 9.59 Å². The molecule has 0 spiro atoms. The molecule has 1 aromatic carbocycles. The van der Waals surface area contributed by atoms with Crippen molar-refractivity contribution in [3.63, 3.8) is 0 Å². The summed E-state index contributed by atoms with van der Waals surface area (Å²) in [6.07, 6.45) is 0. The SMILES string of the molecule is C[C@@H](NC(=O)c1cccs1)C(=O)Nc1c(F)cccc1F. The highest BCUT2D eigenvalue weighted by atomic mass is 32.1. The van der Waals surface area contributed by atoms with Crippen LogP contribution in [0.5, 0.6) is 0 Å². The van der Waals surface area contributed by atoms with Gasteiger partial charge in [-0.2, -0.15) is 0 Å². The Morgan fingerprint density at radius 3 is 2.38 bits per heavy atom. The van der Waals surface area contributed by atoms with E-state index < -0.39 is 35.2 Å². The fourth-order valence-electron chi connectivity index (χ4n) is 1.59. The molecular formula is C14H12F2N2O2S. The van der Waals surface area contributed by atoms with Crippen LogP contribution in [-0.4, -0.2) is 17.9 Å². The molecule has 2 rings (SSSR count). The molecule has 2 N–H and O–H groups in total. The molecule has 2 amide bonds. The van der Waals surface area contributed by atoms with E-state index in [2.05, 4.69) is 10.6 Å². The van der Waals surface area contributed by atoms with Gasteiger partial charge in [0, 0.05) is 0 Å². The van der Waals surface area contributed by atoms with Crippen LogP contribution in [0.15, 0.2) is 35.7 Å².